The second-order valence-corrected chi connectivity index (χ2v) is 17.0. The zero-order chi connectivity index (χ0) is 38.8. The van der Waals surface area contributed by atoms with Gasteiger partial charge in [0.05, 0.1) is 24.4 Å². The Morgan fingerprint density at radius 1 is 1.00 bits per heavy atom. The SMILES string of the molecule is CC(C)=CCC[C@]1(C)C=Cc2c(O)c3c(c(CC=C(C)C)c2O1)O[C@]12C(=C[C@@H]4C[C@H]1C(C)(C)O[C@@]2(C/C=C(/C)C(=O)OCCN1CCOCC1)C4=O)C3=O. The normalized spacial score (nSPS) is 30.4. The van der Waals surface area contributed by atoms with Crippen LogP contribution < -0.4 is 9.47 Å². The largest absolute Gasteiger partial charge is 0.506 e. The number of ether oxygens (including phenoxy) is 5. The molecule has 8 rings (SSSR count). The maximum atomic E-state index is 15.0. The van der Waals surface area contributed by atoms with E-state index in [9.17, 15) is 19.5 Å². The summed E-state index contributed by atoms with van der Waals surface area (Å²) in [4.78, 5) is 45.0. The molecule has 10 heteroatoms. The summed E-state index contributed by atoms with van der Waals surface area (Å²) in [5.74, 6) is -1.48. The van der Waals surface area contributed by atoms with E-state index in [4.69, 9.17) is 23.7 Å². The number of nitrogens with zero attached hydrogens (tertiary/aromatic N) is 1. The summed E-state index contributed by atoms with van der Waals surface area (Å²) in [5.41, 5.74) is -0.514. The number of hydrogen-bond acceptors (Lipinski definition) is 10. The highest BCUT2D eigenvalue weighted by Gasteiger charge is 2.81. The van der Waals surface area contributed by atoms with Crippen LogP contribution in [0.1, 0.15) is 103 Å². The molecule has 1 spiro atoms. The van der Waals surface area contributed by atoms with Gasteiger partial charge in [-0.2, -0.15) is 0 Å². The molecule has 0 amide bonds. The molecule has 3 aliphatic carbocycles. The highest BCUT2D eigenvalue weighted by molar-refractivity contribution is 6.19. The quantitative estimate of drug-likeness (QED) is 0.144. The van der Waals surface area contributed by atoms with Gasteiger partial charge in [0.1, 0.15) is 35.0 Å². The molecule has 1 aromatic rings. The van der Waals surface area contributed by atoms with Gasteiger partial charge in [-0.05, 0) is 93.2 Å². The first-order chi connectivity index (χ1) is 25.5. The van der Waals surface area contributed by atoms with E-state index in [0.29, 0.717) is 67.0 Å². The number of ketones is 2. The average Bonchev–Trinajstić information content (AvgIpc) is 3.27. The molecule has 1 aromatic carbocycles. The maximum absolute atomic E-state index is 15.0. The number of rotatable bonds is 11. The molecule has 290 valence electrons. The molecule has 0 unspecified atom stereocenters. The van der Waals surface area contributed by atoms with Crippen LogP contribution in [0.3, 0.4) is 0 Å². The van der Waals surface area contributed by atoms with Crippen molar-refractivity contribution in [3.05, 3.63) is 69.4 Å². The third kappa shape index (κ3) is 6.18. The van der Waals surface area contributed by atoms with Crippen LogP contribution in [0.4, 0.5) is 0 Å². The van der Waals surface area contributed by atoms with Gasteiger partial charge in [0.15, 0.2) is 22.8 Å². The Morgan fingerprint density at radius 3 is 2.43 bits per heavy atom. The minimum Gasteiger partial charge on any atom is -0.506 e. The lowest BCUT2D eigenvalue weighted by atomic mass is 9.51. The number of morpholine rings is 1. The summed E-state index contributed by atoms with van der Waals surface area (Å²) in [7, 11) is 0. The highest BCUT2D eigenvalue weighted by atomic mass is 16.6. The molecule has 1 saturated carbocycles. The summed E-state index contributed by atoms with van der Waals surface area (Å²) in [6, 6.07) is 0. The smallest absolute Gasteiger partial charge is 0.333 e. The van der Waals surface area contributed by atoms with Crippen molar-refractivity contribution in [3.63, 3.8) is 0 Å². The number of Topliss-reactive ketones (excluding diaryl/α,β-unsaturated/α-hetero) is 2. The lowest BCUT2D eigenvalue weighted by Crippen LogP contribution is -2.72. The Labute approximate surface area is 318 Å². The zero-order valence-corrected chi connectivity index (χ0v) is 33.1. The van der Waals surface area contributed by atoms with Gasteiger partial charge in [0, 0.05) is 54.6 Å². The summed E-state index contributed by atoms with van der Waals surface area (Å²) in [5, 5.41) is 11.9. The molecule has 10 nitrogen and oxygen atoms in total. The summed E-state index contributed by atoms with van der Waals surface area (Å²) in [6.07, 6.45) is 13.8. The van der Waals surface area contributed by atoms with Gasteiger partial charge in [0.25, 0.3) is 0 Å². The van der Waals surface area contributed by atoms with E-state index in [1.54, 1.807) is 19.1 Å². The molecule has 5 atom stereocenters. The van der Waals surface area contributed by atoms with Crippen LogP contribution in [0.25, 0.3) is 6.08 Å². The van der Waals surface area contributed by atoms with E-state index in [0.717, 1.165) is 25.1 Å². The molecular formula is C44H55NO9. The van der Waals surface area contributed by atoms with Crippen LogP contribution in [0.2, 0.25) is 0 Å². The molecule has 54 heavy (non-hydrogen) atoms. The summed E-state index contributed by atoms with van der Waals surface area (Å²) >= 11 is 0. The zero-order valence-electron chi connectivity index (χ0n) is 33.1. The van der Waals surface area contributed by atoms with Crippen molar-refractivity contribution in [2.24, 2.45) is 11.8 Å². The number of carbonyl (C=O) groups excluding carboxylic acids is 3. The standard InChI is InChI=1S/C44H55NO9/c1-26(2)10-9-15-42(8)16-14-30-35(46)34-36(47)32-24-29-25-33-41(6,7)54-43(39(29)48,17-13-28(5)40(49)51-23-20-45-18-21-50-22-19-45)44(32,33)53-38(34)31(37(30)52-42)12-11-27(3)4/h10-11,13-14,16,24,29,33,46H,9,12,15,17-23,25H2,1-8H3/b28-13-/t29-,33+,42-,43+,44-/m1/s1. The molecule has 0 aromatic heterocycles. The van der Waals surface area contributed by atoms with E-state index in [1.807, 2.05) is 46.8 Å². The Hall–Kier alpha value is -3.99. The molecule has 0 radical (unpaired) electrons. The van der Waals surface area contributed by atoms with Gasteiger partial charge in [-0.1, -0.05) is 35.5 Å². The second-order valence-electron chi connectivity index (χ2n) is 17.0. The predicted molar refractivity (Wildman–Crippen MR) is 205 cm³/mol. The number of allylic oxidation sites excluding steroid dienone is 5. The fourth-order valence-electron chi connectivity index (χ4n) is 9.37. The van der Waals surface area contributed by atoms with Gasteiger partial charge in [0.2, 0.25) is 0 Å². The van der Waals surface area contributed by atoms with Crippen LogP contribution in [0, 0.1) is 11.8 Å². The fourth-order valence-corrected chi connectivity index (χ4v) is 9.37. The van der Waals surface area contributed by atoms with Crippen LogP contribution in [-0.4, -0.2) is 89.4 Å². The first-order valence-electron chi connectivity index (χ1n) is 19.4. The molecular weight excluding hydrogens is 686 g/mol. The van der Waals surface area contributed by atoms with Crippen LogP contribution >= 0.6 is 0 Å². The Morgan fingerprint density at radius 2 is 1.72 bits per heavy atom. The van der Waals surface area contributed by atoms with Crippen LogP contribution in [-0.2, 0) is 30.2 Å². The van der Waals surface area contributed by atoms with E-state index in [-0.39, 0.29) is 47.6 Å². The minimum absolute atomic E-state index is 0.00845. The number of fused-ring (bicyclic) bond motifs is 2. The van der Waals surface area contributed by atoms with Gasteiger partial charge in [-0.3, -0.25) is 14.5 Å². The van der Waals surface area contributed by atoms with Gasteiger partial charge in [-0.25, -0.2) is 4.79 Å². The minimum atomic E-state index is -1.60. The van der Waals surface area contributed by atoms with Crippen molar-refractivity contribution in [2.75, 3.05) is 39.5 Å². The number of esters is 1. The Balaban J connectivity index is 1.30. The molecule has 7 aliphatic rings. The molecule has 4 heterocycles. The molecule has 4 aliphatic heterocycles. The highest BCUT2D eigenvalue weighted by Crippen LogP contribution is 2.68. The third-order valence-corrected chi connectivity index (χ3v) is 12.2. The first-order valence-corrected chi connectivity index (χ1v) is 19.4. The first kappa shape index (κ1) is 38.3. The molecule has 3 fully saturated rings. The number of benzene rings is 1. The van der Waals surface area contributed by atoms with E-state index in [2.05, 4.69) is 30.9 Å². The lowest BCUT2D eigenvalue weighted by molar-refractivity contribution is -0.171. The van der Waals surface area contributed by atoms with Crippen molar-refractivity contribution in [1.82, 2.24) is 4.90 Å². The maximum Gasteiger partial charge on any atom is 0.333 e. The van der Waals surface area contributed by atoms with Crippen molar-refractivity contribution in [2.45, 2.75) is 110 Å². The van der Waals surface area contributed by atoms with Gasteiger partial charge in [-0.15, -0.1) is 0 Å². The van der Waals surface area contributed by atoms with Crippen molar-refractivity contribution < 1.29 is 43.2 Å². The van der Waals surface area contributed by atoms with E-state index >= 15 is 0 Å². The summed E-state index contributed by atoms with van der Waals surface area (Å²) < 4.78 is 32.0. The van der Waals surface area contributed by atoms with E-state index < -0.39 is 34.3 Å². The number of phenols is 1. The van der Waals surface area contributed by atoms with Gasteiger partial charge < -0.3 is 28.8 Å². The van der Waals surface area contributed by atoms with E-state index in [1.165, 1.54) is 5.57 Å². The van der Waals surface area contributed by atoms with Crippen molar-refractivity contribution in [3.8, 4) is 17.2 Å². The molecule has 4 bridgehead atoms. The average molecular weight is 742 g/mol. The number of aromatic hydroxyl groups is 1. The number of phenolic OH excluding ortho intramolecular Hbond substituents is 1. The van der Waals surface area contributed by atoms with Crippen LogP contribution in [0.15, 0.2) is 52.7 Å². The third-order valence-electron chi connectivity index (χ3n) is 12.2. The number of hydrogen-bond donors (Lipinski definition) is 1. The Bertz CT molecular complexity index is 1920. The monoisotopic (exact) mass is 741 g/mol. The number of carbonyl (C=O) groups is 3. The van der Waals surface area contributed by atoms with Crippen molar-refractivity contribution >= 4 is 23.6 Å². The Kier molecular flexibility index (Phi) is 9.89. The molecule has 1 N–H and O–H groups in total. The second kappa shape index (κ2) is 13.9. The topological polar surface area (TPSA) is 121 Å². The van der Waals surface area contributed by atoms with Crippen molar-refractivity contribution in [1.29, 1.82) is 0 Å². The molecule has 2 saturated heterocycles. The van der Waals surface area contributed by atoms with Gasteiger partial charge >= 0.3 is 5.97 Å². The van der Waals surface area contributed by atoms with Crippen LogP contribution in [0.5, 0.6) is 17.2 Å². The summed E-state index contributed by atoms with van der Waals surface area (Å²) in [6.45, 7) is 19.5. The predicted octanol–water partition coefficient (Wildman–Crippen LogP) is 7.03. The fraction of sp³-hybridized carbons (Fsp3) is 0.568. The lowest BCUT2D eigenvalue weighted by Gasteiger charge is -2.56.